The molecule has 0 aliphatic carbocycles. The zero-order chi connectivity index (χ0) is 15.4. The smallest absolute Gasteiger partial charge is 0.171 e. The van der Waals surface area contributed by atoms with Gasteiger partial charge in [0, 0.05) is 15.2 Å². The molecule has 0 amide bonds. The normalized spacial score (nSPS) is 11.8. The van der Waals surface area contributed by atoms with Crippen LogP contribution in [0.4, 0.5) is 5.69 Å². The highest BCUT2D eigenvalue weighted by Gasteiger charge is 2.11. The molecular formula is C16H16BrClN2S. The highest BCUT2D eigenvalue weighted by Crippen LogP contribution is 2.24. The van der Waals surface area contributed by atoms with E-state index in [9.17, 15) is 0 Å². The van der Waals surface area contributed by atoms with Gasteiger partial charge in [0.05, 0.1) is 6.04 Å². The highest BCUT2D eigenvalue weighted by atomic mass is 79.9. The van der Waals surface area contributed by atoms with E-state index >= 15 is 0 Å². The van der Waals surface area contributed by atoms with Crippen molar-refractivity contribution >= 4 is 50.5 Å². The van der Waals surface area contributed by atoms with Crippen LogP contribution < -0.4 is 10.6 Å². The lowest BCUT2D eigenvalue weighted by Gasteiger charge is -2.19. The summed E-state index contributed by atoms with van der Waals surface area (Å²) in [7, 11) is 0. The Balaban J connectivity index is 2.05. The van der Waals surface area contributed by atoms with Crippen LogP contribution in [-0.4, -0.2) is 5.11 Å². The number of rotatable bonds is 3. The molecule has 1 atom stereocenters. The van der Waals surface area contributed by atoms with Gasteiger partial charge in [0.15, 0.2) is 5.11 Å². The van der Waals surface area contributed by atoms with E-state index in [0.29, 0.717) is 5.11 Å². The van der Waals surface area contributed by atoms with Crippen LogP contribution in [0.5, 0.6) is 0 Å². The van der Waals surface area contributed by atoms with Crippen LogP contribution in [0.15, 0.2) is 46.9 Å². The number of halogens is 2. The summed E-state index contributed by atoms with van der Waals surface area (Å²) in [6, 6.07) is 13.9. The van der Waals surface area contributed by atoms with Crippen molar-refractivity contribution in [3.8, 4) is 0 Å². The van der Waals surface area contributed by atoms with Gasteiger partial charge in [0.25, 0.3) is 0 Å². The Morgan fingerprint density at radius 2 is 1.90 bits per heavy atom. The molecular weight excluding hydrogens is 368 g/mol. The second-order valence-electron chi connectivity index (χ2n) is 4.75. The number of thiocarbonyl (C=S) groups is 1. The third-order valence-electron chi connectivity index (χ3n) is 3.24. The number of benzene rings is 2. The topological polar surface area (TPSA) is 24.1 Å². The predicted molar refractivity (Wildman–Crippen MR) is 98.1 cm³/mol. The maximum atomic E-state index is 6.11. The van der Waals surface area contributed by atoms with Gasteiger partial charge in [-0.2, -0.15) is 0 Å². The zero-order valence-corrected chi connectivity index (χ0v) is 14.9. The van der Waals surface area contributed by atoms with Crippen molar-refractivity contribution in [1.29, 1.82) is 0 Å². The van der Waals surface area contributed by atoms with E-state index < -0.39 is 0 Å². The van der Waals surface area contributed by atoms with Gasteiger partial charge in [-0.25, -0.2) is 0 Å². The van der Waals surface area contributed by atoms with Crippen LogP contribution in [0.25, 0.3) is 0 Å². The molecule has 0 saturated heterocycles. The molecule has 2 rings (SSSR count). The first-order valence-electron chi connectivity index (χ1n) is 6.56. The molecule has 2 nitrogen and oxygen atoms in total. The van der Waals surface area contributed by atoms with Gasteiger partial charge in [-0.1, -0.05) is 51.8 Å². The zero-order valence-electron chi connectivity index (χ0n) is 11.8. The maximum absolute atomic E-state index is 6.11. The van der Waals surface area contributed by atoms with Crippen molar-refractivity contribution < 1.29 is 0 Å². The molecule has 0 aromatic heterocycles. The van der Waals surface area contributed by atoms with Crippen LogP contribution in [0, 0.1) is 6.92 Å². The number of anilines is 1. The van der Waals surface area contributed by atoms with Crippen molar-refractivity contribution in [2.75, 3.05) is 5.32 Å². The average molecular weight is 384 g/mol. The Morgan fingerprint density at radius 1 is 1.19 bits per heavy atom. The van der Waals surface area contributed by atoms with Gasteiger partial charge in [-0.3, -0.25) is 0 Å². The summed E-state index contributed by atoms with van der Waals surface area (Å²) in [5.74, 6) is 0. The number of hydrogen-bond acceptors (Lipinski definition) is 1. The molecule has 0 fully saturated rings. The minimum absolute atomic E-state index is 0.0973. The molecule has 0 radical (unpaired) electrons. The van der Waals surface area contributed by atoms with Crippen molar-refractivity contribution in [3.63, 3.8) is 0 Å². The largest absolute Gasteiger partial charge is 0.356 e. The summed E-state index contributed by atoms with van der Waals surface area (Å²) < 4.78 is 1.06. The summed E-state index contributed by atoms with van der Waals surface area (Å²) in [5, 5.41) is 7.77. The highest BCUT2D eigenvalue weighted by molar-refractivity contribution is 9.10. The van der Waals surface area contributed by atoms with E-state index in [2.05, 4.69) is 39.6 Å². The summed E-state index contributed by atoms with van der Waals surface area (Å²) in [4.78, 5) is 0. The van der Waals surface area contributed by atoms with E-state index in [4.69, 9.17) is 23.8 Å². The fourth-order valence-electron chi connectivity index (χ4n) is 2.00. The molecule has 0 saturated carbocycles. The first kappa shape index (κ1) is 16.3. The van der Waals surface area contributed by atoms with Crippen LogP contribution in [0.3, 0.4) is 0 Å². The molecule has 2 N–H and O–H groups in total. The van der Waals surface area contributed by atoms with Crippen LogP contribution >= 0.6 is 39.7 Å². The van der Waals surface area contributed by atoms with Crippen LogP contribution in [0.1, 0.15) is 24.1 Å². The molecule has 110 valence electrons. The van der Waals surface area contributed by atoms with E-state index in [1.807, 2.05) is 43.3 Å². The van der Waals surface area contributed by atoms with Gasteiger partial charge in [0.2, 0.25) is 0 Å². The lowest BCUT2D eigenvalue weighted by molar-refractivity contribution is 0.719. The lowest BCUT2D eigenvalue weighted by atomic mass is 10.1. The molecule has 0 spiro atoms. The SMILES string of the molecule is Cc1c(Cl)cccc1NC(=S)N[C@H](C)c1ccccc1Br. The van der Waals surface area contributed by atoms with E-state index in [1.165, 1.54) is 0 Å². The monoisotopic (exact) mass is 382 g/mol. The Hall–Kier alpha value is -1.10. The molecule has 0 heterocycles. The van der Waals surface area contributed by atoms with Crippen molar-refractivity contribution in [2.24, 2.45) is 0 Å². The molecule has 0 bridgehead atoms. The molecule has 0 aliphatic heterocycles. The average Bonchev–Trinajstić information content (AvgIpc) is 2.44. The minimum atomic E-state index is 0.0973. The Bertz CT molecular complexity index is 660. The molecule has 0 aliphatic rings. The van der Waals surface area contributed by atoms with Gasteiger partial charge < -0.3 is 10.6 Å². The van der Waals surface area contributed by atoms with Crippen molar-refractivity contribution in [1.82, 2.24) is 5.32 Å². The quantitative estimate of drug-likeness (QED) is 0.688. The number of nitrogens with one attached hydrogen (secondary N) is 2. The van der Waals surface area contributed by atoms with Crippen molar-refractivity contribution in [3.05, 3.63) is 63.1 Å². The molecule has 21 heavy (non-hydrogen) atoms. The van der Waals surface area contributed by atoms with Gasteiger partial charge in [-0.05, 0) is 55.4 Å². The van der Waals surface area contributed by atoms with Crippen LogP contribution in [-0.2, 0) is 0 Å². The van der Waals surface area contributed by atoms with E-state index in [0.717, 1.165) is 26.3 Å². The predicted octanol–water partition coefficient (Wildman–Crippen LogP) is 5.46. The van der Waals surface area contributed by atoms with Gasteiger partial charge in [-0.15, -0.1) is 0 Å². The van der Waals surface area contributed by atoms with Crippen LogP contribution in [0.2, 0.25) is 5.02 Å². The molecule has 2 aromatic rings. The van der Waals surface area contributed by atoms with E-state index in [-0.39, 0.29) is 6.04 Å². The minimum Gasteiger partial charge on any atom is -0.356 e. The van der Waals surface area contributed by atoms with Crippen molar-refractivity contribution in [2.45, 2.75) is 19.9 Å². The standard InChI is InChI=1S/C16H16BrClN2S/c1-10-14(18)8-5-9-15(10)20-16(21)19-11(2)12-6-3-4-7-13(12)17/h3-9,11H,1-2H3,(H2,19,20,21)/t11-/m1/s1. The second-order valence-corrected chi connectivity index (χ2v) is 6.42. The first-order valence-corrected chi connectivity index (χ1v) is 8.14. The molecule has 2 aromatic carbocycles. The summed E-state index contributed by atoms with van der Waals surface area (Å²) in [6.45, 7) is 4.03. The fraction of sp³-hybridized carbons (Fsp3) is 0.188. The molecule has 5 heteroatoms. The molecule has 0 unspecified atom stereocenters. The Morgan fingerprint density at radius 3 is 2.62 bits per heavy atom. The lowest BCUT2D eigenvalue weighted by Crippen LogP contribution is -2.31. The third-order valence-corrected chi connectivity index (χ3v) is 4.59. The maximum Gasteiger partial charge on any atom is 0.171 e. The fourth-order valence-corrected chi connectivity index (χ4v) is 3.09. The van der Waals surface area contributed by atoms with E-state index in [1.54, 1.807) is 0 Å². The third kappa shape index (κ3) is 4.19. The second kappa shape index (κ2) is 7.25. The first-order chi connectivity index (χ1) is 9.99. The number of hydrogen-bond donors (Lipinski definition) is 2. The Kier molecular flexibility index (Phi) is 5.62. The van der Waals surface area contributed by atoms with Gasteiger partial charge in [0.1, 0.15) is 0 Å². The Labute approximate surface area is 144 Å². The summed E-state index contributed by atoms with van der Waals surface area (Å²) >= 11 is 15.0. The summed E-state index contributed by atoms with van der Waals surface area (Å²) in [6.07, 6.45) is 0. The summed E-state index contributed by atoms with van der Waals surface area (Å²) in [5.41, 5.74) is 3.06. The van der Waals surface area contributed by atoms with Gasteiger partial charge >= 0.3 is 0 Å².